The quantitative estimate of drug-likeness (QED) is 0.750. The Hall–Kier alpha value is -1.19. The fourth-order valence-corrected chi connectivity index (χ4v) is 2.51. The molecule has 3 heteroatoms. The zero-order valence-electron chi connectivity index (χ0n) is 10.5. The summed E-state index contributed by atoms with van der Waals surface area (Å²) in [5, 5.41) is 2.13. The number of thioether (sulfide) groups is 2. The molecule has 0 spiro atoms. The molecule has 1 nitrogen and oxygen atoms in total. The summed E-state index contributed by atoms with van der Waals surface area (Å²) in [6.07, 6.45) is 8.37. The van der Waals surface area contributed by atoms with E-state index < -0.39 is 0 Å². The summed E-state index contributed by atoms with van der Waals surface area (Å²) in [6, 6.07) is 14.6. The maximum absolute atomic E-state index is 4.52. The molecule has 0 saturated heterocycles. The minimum Gasteiger partial charge on any atom is -0.235 e. The largest absolute Gasteiger partial charge is 0.235 e. The van der Waals surface area contributed by atoms with Crippen molar-refractivity contribution >= 4 is 35.7 Å². The Morgan fingerprint density at radius 2 is 1.39 bits per heavy atom. The Labute approximate surface area is 117 Å². The van der Waals surface area contributed by atoms with E-state index in [0.29, 0.717) is 0 Å². The van der Waals surface area contributed by atoms with E-state index in [4.69, 9.17) is 0 Å². The first-order valence-electron chi connectivity index (χ1n) is 5.65. The highest BCUT2D eigenvalue weighted by Crippen LogP contribution is 2.21. The number of benzene rings is 1. The molecular weight excluding hydrogens is 258 g/mol. The minimum atomic E-state index is 1.06. The molecule has 18 heavy (non-hydrogen) atoms. The second-order valence-electron chi connectivity index (χ2n) is 3.73. The van der Waals surface area contributed by atoms with Gasteiger partial charge in [0.05, 0.1) is 10.1 Å². The minimum absolute atomic E-state index is 1.06. The summed E-state index contributed by atoms with van der Waals surface area (Å²) in [6.45, 7) is 0. The maximum atomic E-state index is 4.52. The van der Waals surface area contributed by atoms with Crippen LogP contribution in [0.4, 0.5) is 0 Å². The summed E-state index contributed by atoms with van der Waals surface area (Å²) in [4.78, 5) is 4.52. The number of hydrogen-bond acceptors (Lipinski definition) is 3. The summed E-state index contributed by atoms with van der Waals surface area (Å²) < 4.78 is 0. The molecule has 0 fully saturated rings. The van der Waals surface area contributed by atoms with Gasteiger partial charge >= 0.3 is 0 Å². The van der Waals surface area contributed by atoms with Gasteiger partial charge in [0.25, 0.3) is 0 Å². The van der Waals surface area contributed by atoms with E-state index in [1.54, 1.807) is 23.5 Å². The van der Waals surface area contributed by atoms with Crippen LogP contribution in [0.2, 0.25) is 0 Å². The molecular formula is C15H15NS2. The van der Waals surface area contributed by atoms with Crippen LogP contribution in [0.15, 0.2) is 52.5 Å². The van der Waals surface area contributed by atoms with Crippen LogP contribution >= 0.6 is 23.5 Å². The highest BCUT2D eigenvalue weighted by molar-refractivity contribution is 7.99. The van der Waals surface area contributed by atoms with Crippen molar-refractivity contribution in [3.05, 3.63) is 53.6 Å². The van der Waals surface area contributed by atoms with Crippen molar-refractivity contribution in [2.24, 2.45) is 0 Å². The number of nitrogens with zero attached hydrogens (tertiary/aromatic N) is 1. The zero-order valence-corrected chi connectivity index (χ0v) is 12.1. The van der Waals surface area contributed by atoms with E-state index in [9.17, 15) is 0 Å². The second-order valence-corrected chi connectivity index (χ2v) is 5.38. The van der Waals surface area contributed by atoms with Gasteiger partial charge in [0, 0.05) is 0 Å². The van der Waals surface area contributed by atoms with Crippen molar-refractivity contribution in [1.29, 1.82) is 0 Å². The fourth-order valence-electron chi connectivity index (χ4n) is 1.56. The van der Waals surface area contributed by atoms with Crippen LogP contribution in [-0.2, 0) is 0 Å². The predicted octanol–water partition coefficient (Wildman–Crippen LogP) is 4.70. The van der Waals surface area contributed by atoms with Crippen LogP contribution in [-0.4, -0.2) is 17.5 Å². The standard InChI is InChI=1S/C15H15NS2/c1-17-14-10-13(11-15(16-14)18-2)9-8-12-6-4-3-5-7-12/h3-11H,1-2H3/b9-8+. The Bertz CT molecular complexity index is 513. The molecule has 2 rings (SSSR count). The van der Waals surface area contributed by atoms with E-state index in [2.05, 4.69) is 53.9 Å². The number of pyridine rings is 1. The monoisotopic (exact) mass is 273 g/mol. The Balaban J connectivity index is 2.25. The highest BCUT2D eigenvalue weighted by atomic mass is 32.2. The van der Waals surface area contributed by atoms with Gasteiger partial charge in [-0.3, -0.25) is 0 Å². The Morgan fingerprint density at radius 3 is 1.94 bits per heavy atom. The van der Waals surface area contributed by atoms with Crippen molar-refractivity contribution in [3.8, 4) is 0 Å². The van der Waals surface area contributed by atoms with Crippen molar-refractivity contribution in [2.75, 3.05) is 12.5 Å². The van der Waals surface area contributed by atoms with Gasteiger partial charge in [-0.1, -0.05) is 42.5 Å². The molecule has 0 radical (unpaired) electrons. The normalized spacial score (nSPS) is 11.0. The molecule has 1 aromatic heterocycles. The predicted molar refractivity (Wildman–Crippen MR) is 83.2 cm³/mol. The molecule has 0 aliphatic carbocycles. The molecule has 0 aliphatic rings. The SMILES string of the molecule is CSc1cc(/C=C/c2ccccc2)cc(SC)n1. The lowest BCUT2D eigenvalue weighted by Crippen LogP contribution is -1.85. The highest BCUT2D eigenvalue weighted by Gasteiger charge is 1.99. The van der Waals surface area contributed by atoms with Gasteiger partial charge in [-0.25, -0.2) is 4.98 Å². The van der Waals surface area contributed by atoms with Crippen LogP contribution < -0.4 is 0 Å². The van der Waals surface area contributed by atoms with Crippen molar-refractivity contribution < 1.29 is 0 Å². The molecule has 92 valence electrons. The third-order valence-electron chi connectivity index (χ3n) is 2.49. The first-order chi connectivity index (χ1) is 8.81. The average Bonchev–Trinajstić information content (AvgIpc) is 2.45. The molecule has 0 amide bonds. The fraction of sp³-hybridized carbons (Fsp3) is 0.133. The van der Waals surface area contributed by atoms with Crippen LogP contribution in [0.3, 0.4) is 0 Å². The topological polar surface area (TPSA) is 12.9 Å². The van der Waals surface area contributed by atoms with Gasteiger partial charge in [-0.05, 0) is 35.8 Å². The molecule has 0 saturated carbocycles. The van der Waals surface area contributed by atoms with Crippen molar-refractivity contribution in [3.63, 3.8) is 0 Å². The molecule has 0 atom stereocenters. The number of hydrogen-bond donors (Lipinski definition) is 0. The zero-order chi connectivity index (χ0) is 12.8. The van der Waals surface area contributed by atoms with Gasteiger partial charge in [0.1, 0.15) is 0 Å². The van der Waals surface area contributed by atoms with Crippen molar-refractivity contribution in [1.82, 2.24) is 4.98 Å². The summed E-state index contributed by atoms with van der Waals surface area (Å²) in [7, 11) is 0. The van der Waals surface area contributed by atoms with Gasteiger partial charge in [0.2, 0.25) is 0 Å². The van der Waals surface area contributed by atoms with Crippen molar-refractivity contribution in [2.45, 2.75) is 10.1 Å². The van der Waals surface area contributed by atoms with Gasteiger partial charge < -0.3 is 0 Å². The molecule has 0 N–H and O–H groups in total. The second kappa shape index (κ2) is 6.66. The molecule has 2 aromatic rings. The number of rotatable bonds is 4. The number of aromatic nitrogens is 1. The van der Waals surface area contributed by atoms with E-state index in [1.165, 1.54) is 11.1 Å². The molecule has 0 aliphatic heterocycles. The van der Waals surface area contributed by atoms with E-state index in [-0.39, 0.29) is 0 Å². The lowest BCUT2D eigenvalue weighted by Gasteiger charge is -2.02. The molecule has 1 heterocycles. The summed E-state index contributed by atoms with van der Waals surface area (Å²) >= 11 is 3.35. The lowest BCUT2D eigenvalue weighted by molar-refractivity contribution is 1.01. The van der Waals surface area contributed by atoms with Crippen LogP contribution in [0.1, 0.15) is 11.1 Å². The average molecular weight is 273 g/mol. The smallest absolute Gasteiger partial charge is 0.0976 e. The summed E-state index contributed by atoms with van der Waals surface area (Å²) in [5.74, 6) is 0. The van der Waals surface area contributed by atoms with Gasteiger partial charge in [-0.15, -0.1) is 23.5 Å². The van der Waals surface area contributed by atoms with Gasteiger partial charge in [-0.2, -0.15) is 0 Å². The third kappa shape index (κ3) is 3.65. The molecule has 0 unspecified atom stereocenters. The third-order valence-corrected chi connectivity index (χ3v) is 3.74. The Kier molecular flexibility index (Phi) is 4.90. The van der Waals surface area contributed by atoms with Crippen LogP contribution in [0, 0.1) is 0 Å². The summed E-state index contributed by atoms with van der Waals surface area (Å²) in [5.41, 5.74) is 2.41. The van der Waals surface area contributed by atoms with Gasteiger partial charge in [0.15, 0.2) is 0 Å². The first-order valence-corrected chi connectivity index (χ1v) is 8.10. The van der Waals surface area contributed by atoms with E-state index >= 15 is 0 Å². The Morgan fingerprint density at radius 1 is 0.833 bits per heavy atom. The first kappa shape index (κ1) is 13.2. The lowest BCUT2D eigenvalue weighted by atomic mass is 10.1. The van der Waals surface area contributed by atoms with Crippen LogP contribution in [0.25, 0.3) is 12.2 Å². The maximum Gasteiger partial charge on any atom is 0.0976 e. The van der Waals surface area contributed by atoms with E-state index in [1.807, 2.05) is 18.2 Å². The van der Waals surface area contributed by atoms with Crippen LogP contribution in [0.5, 0.6) is 0 Å². The van der Waals surface area contributed by atoms with E-state index in [0.717, 1.165) is 10.1 Å². The molecule has 1 aromatic carbocycles. The molecule has 0 bridgehead atoms.